The van der Waals surface area contributed by atoms with Gasteiger partial charge in [-0.1, -0.05) is 17.7 Å². The fourth-order valence-corrected chi connectivity index (χ4v) is 3.58. The monoisotopic (exact) mass is 407 g/mol. The Kier molecular flexibility index (Phi) is 5.43. The summed E-state index contributed by atoms with van der Waals surface area (Å²) < 4.78 is 45.5. The Hall–Kier alpha value is -2.69. The summed E-state index contributed by atoms with van der Waals surface area (Å²) in [6.45, 7) is 2.39. The summed E-state index contributed by atoms with van der Waals surface area (Å²) in [5.74, 6) is -5.25. The number of piperidine rings is 1. The molecular weight excluding hydrogens is 390 g/mol. The fraction of sp³-hybridized carbons (Fsp3) is 0.471. The van der Waals surface area contributed by atoms with Crippen LogP contribution in [-0.2, 0) is 20.9 Å². The lowest BCUT2D eigenvalue weighted by atomic mass is 9.97. The maximum atomic E-state index is 13.8. The zero-order valence-electron chi connectivity index (χ0n) is 14.6. The highest BCUT2D eigenvalue weighted by Gasteiger charge is 2.80. The van der Waals surface area contributed by atoms with Crippen LogP contribution in [0, 0.1) is 23.6 Å². The molecule has 0 spiro atoms. The number of nitrogens with zero attached hydrogens (tertiary/aromatic N) is 1. The number of aliphatic carboxylic acids is 3. The highest BCUT2D eigenvalue weighted by atomic mass is 19.4. The van der Waals surface area contributed by atoms with Crippen molar-refractivity contribution >= 4 is 17.9 Å². The van der Waals surface area contributed by atoms with Crippen LogP contribution < -0.4 is 0 Å². The van der Waals surface area contributed by atoms with E-state index in [1.165, 1.54) is 6.07 Å². The van der Waals surface area contributed by atoms with Crippen LogP contribution in [0.3, 0.4) is 0 Å². The molecule has 3 N–H and O–H groups in total. The van der Waals surface area contributed by atoms with Gasteiger partial charge in [0.05, 0.1) is 10.8 Å². The van der Waals surface area contributed by atoms with E-state index in [2.05, 4.69) is 0 Å². The minimum atomic E-state index is -5.08. The van der Waals surface area contributed by atoms with E-state index in [9.17, 15) is 37.4 Å². The molecule has 3 rings (SSSR count). The van der Waals surface area contributed by atoms with Crippen molar-refractivity contribution in [2.45, 2.75) is 26.1 Å². The normalized spacial score (nSPS) is 26.0. The molecule has 1 saturated heterocycles. The molecule has 0 unspecified atom stereocenters. The molecule has 0 bridgehead atoms. The summed E-state index contributed by atoms with van der Waals surface area (Å²) >= 11 is 0. The van der Waals surface area contributed by atoms with Crippen molar-refractivity contribution in [2.24, 2.45) is 10.8 Å². The lowest BCUT2D eigenvalue weighted by molar-refractivity contribution is -0.192. The lowest BCUT2D eigenvalue weighted by Crippen LogP contribution is -2.28. The molecular formula is C17H17F4NO6. The second-order valence-corrected chi connectivity index (χ2v) is 6.99. The van der Waals surface area contributed by atoms with Crippen molar-refractivity contribution in [3.63, 3.8) is 0 Å². The SMILES string of the molecule is Cc1ccc(F)c(CN2C[C@@]3(C(=O)O)C[C@@]3(C(=O)O)C2)c1.O=C(O)C(F)(F)F. The number of halogens is 4. The van der Waals surface area contributed by atoms with Crippen molar-refractivity contribution in [2.75, 3.05) is 13.1 Å². The first-order valence-corrected chi connectivity index (χ1v) is 7.99. The third-order valence-corrected chi connectivity index (χ3v) is 5.04. The number of hydrogen-bond donors (Lipinski definition) is 3. The Morgan fingerprint density at radius 3 is 1.93 bits per heavy atom. The Balaban J connectivity index is 0.000000345. The van der Waals surface area contributed by atoms with Crippen LogP contribution in [0.25, 0.3) is 0 Å². The van der Waals surface area contributed by atoms with Gasteiger partial charge in [0.25, 0.3) is 0 Å². The summed E-state index contributed by atoms with van der Waals surface area (Å²) in [5.41, 5.74) is -1.04. The highest BCUT2D eigenvalue weighted by molar-refractivity contribution is 5.94. The number of carbonyl (C=O) groups is 3. The van der Waals surface area contributed by atoms with Gasteiger partial charge < -0.3 is 15.3 Å². The van der Waals surface area contributed by atoms with Gasteiger partial charge in [-0.15, -0.1) is 0 Å². The second kappa shape index (κ2) is 7.04. The fourth-order valence-electron chi connectivity index (χ4n) is 3.58. The molecule has 0 amide bonds. The average Bonchev–Trinajstić information content (AvgIpc) is 3.10. The molecule has 11 heteroatoms. The van der Waals surface area contributed by atoms with Crippen LogP contribution in [-0.4, -0.2) is 57.4 Å². The molecule has 154 valence electrons. The topological polar surface area (TPSA) is 115 Å². The van der Waals surface area contributed by atoms with Gasteiger partial charge in [-0.2, -0.15) is 13.2 Å². The zero-order chi connectivity index (χ0) is 21.5. The van der Waals surface area contributed by atoms with E-state index in [1.807, 2.05) is 6.92 Å². The van der Waals surface area contributed by atoms with Gasteiger partial charge >= 0.3 is 24.1 Å². The van der Waals surface area contributed by atoms with Crippen LogP contribution in [0.15, 0.2) is 18.2 Å². The number of fused-ring (bicyclic) bond motifs is 1. The zero-order valence-corrected chi connectivity index (χ0v) is 14.6. The largest absolute Gasteiger partial charge is 0.490 e. The van der Waals surface area contributed by atoms with Gasteiger partial charge in [-0.3, -0.25) is 14.5 Å². The molecule has 1 aliphatic carbocycles. The molecule has 1 aliphatic heterocycles. The van der Waals surface area contributed by atoms with Gasteiger partial charge in [0.1, 0.15) is 5.82 Å². The number of aryl methyl sites for hydroxylation is 1. The molecule has 1 aromatic rings. The summed E-state index contributed by atoms with van der Waals surface area (Å²) in [7, 11) is 0. The Morgan fingerprint density at radius 2 is 1.54 bits per heavy atom. The van der Waals surface area contributed by atoms with Gasteiger partial charge in [-0.05, 0) is 19.4 Å². The standard InChI is InChI=1S/C15H16FNO4.C2HF3O2/c1-9-2-3-11(16)10(4-9)5-17-7-14(12(18)19)6-15(14,8-17)13(20)21;3-2(4,5)1(6)7/h2-4H,5-8H2,1H3,(H,18,19)(H,20,21);(H,6,7)/t14-,15+;. The number of hydrogen-bond acceptors (Lipinski definition) is 4. The van der Waals surface area contributed by atoms with Gasteiger partial charge in [0.15, 0.2) is 0 Å². The third kappa shape index (κ3) is 3.79. The Morgan fingerprint density at radius 1 is 1.07 bits per heavy atom. The highest BCUT2D eigenvalue weighted by Crippen LogP contribution is 2.68. The number of carboxylic acid groups (broad SMARTS) is 3. The molecule has 28 heavy (non-hydrogen) atoms. The molecule has 0 radical (unpaired) electrons. The first-order valence-electron chi connectivity index (χ1n) is 7.99. The van der Waals surface area contributed by atoms with Crippen LogP contribution in [0.4, 0.5) is 17.6 Å². The van der Waals surface area contributed by atoms with Gasteiger partial charge in [-0.25, -0.2) is 9.18 Å². The summed E-state index contributed by atoms with van der Waals surface area (Å²) in [6, 6.07) is 4.75. The van der Waals surface area contributed by atoms with E-state index in [0.29, 0.717) is 5.56 Å². The molecule has 1 aromatic carbocycles. The summed E-state index contributed by atoms with van der Waals surface area (Å²) in [6.07, 6.45) is -4.92. The number of benzene rings is 1. The van der Waals surface area contributed by atoms with E-state index in [0.717, 1.165) is 5.56 Å². The van der Waals surface area contributed by atoms with Crippen LogP contribution in [0.1, 0.15) is 17.5 Å². The quantitative estimate of drug-likeness (QED) is 0.655. The van der Waals surface area contributed by atoms with Crippen molar-refractivity contribution in [1.82, 2.24) is 4.90 Å². The smallest absolute Gasteiger partial charge is 0.481 e. The first kappa shape index (κ1) is 21.6. The van der Waals surface area contributed by atoms with Crippen molar-refractivity contribution in [3.8, 4) is 0 Å². The maximum Gasteiger partial charge on any atom is 0.490 e. The molecule has 0 aromatic heterocycles. The van der Waals surface area contributed by atoms with Crippen molar-refractivity contribution in [3.05, 3.63) is 35.1 Å². The number of carboxylic acids is 3. The second-order valence-electron chi connectivity index (χ2n) is 6.99. The molecule has 7 nitrogen and oxygen atoms in total. The van der Waals surface area contributed by atoms with Crippen LogP contribution >= 0.6 is 0 Å². The van der Waals surface area contributed by atoms with E-state index in [4.69, 9.17) is 9.90 Å². The predicted molar refractivity (Wildman–Crippen MR) is 84.9 cm³/mol. The number of rotatable bonds is 4. The van der Waals surface area contributed by atoms with E-state index in [-0.39, 0.29) is 31.9 Å². The Bertz CT molecular complexity index is 798. The molecule has 2 fully saturated rings. The van der Waals surface area contributed by atoms with E-state index >= 15 is 0 Å². The van der Waals surface area contributed by atoms with Crippen LogP contribution in [0.2, 0.25) is 0 Å². The maximum absolute atomic E-state index is 13.8. The minimum absolute atomic E-state index is 0.155. The van der Waals surface area contributed by atoms with Crippen molar-refractivity contribution < 1.29 is 47.3 Å². The van der Waals surface area contributed by atoms with Crippen LogP contribution in [0.5, 0.6) is 0 Å². The molecule has 2 atom stereocenters. The van der Waals surface area contributed by atoms with Gasteiger partial charge in [0.2, 0.25) is 0 Å². The molecule has 1 saturated carbocycles. The average molecular weight is 407 g/mol. The van der Waals surface area contributed by atoms with E-state index in [1.54, 1.807) is 17.0 Å². The first-order chi connectivity index (χ1) is 12.7. The summed E-state index contributed by atoms with van der Waals surface area (Å²) in [4.78, 5) is 33.5. The predicted octanol–water partition coefficient (Wildman–Crippen LogP) is 2.13. The van der Waals surface area contributed by atoms with Gasteiger partial charge in [0, 0.05) is 25.2 Å². The minimum Gasteiger partial charge on any atom is -0.481 e. The number of likely N-dealkylation sites (tertiary alicyclic amines) is 1. The molecule has 1 heterocycles. The third-order valence-electron chi connectivity index (χ3n) is 5.04. The van der Waals surface area contributed by atoms with Crippen molar-refractivity contribution in [1.29, 1.82) is 0 Å². The lowest BCUT2D eigenvalue weighted by Gasteiger charge is -2.20. The van der Waals surface area contributed by atoms with E-state index < -0.39 is 34.9 Å². The molecule has 2 aliphatic rings. The summed E-state index contributed by atoms with van der Waals surface area (Å²) in [5, 5.41) is 25.8. The number of alkyl halides is 3. The Labute approximate surface area is 156 Å².